The highest BCUT2D eigenvalue weighted by Gasteiger charge is 2.22. The average Bonchev–Trinajstić information content (AvgIpc) is 3.01. The summed E-state index contributed by atoms with van der Waals surface area (Å²) < 4.78 is 5.12. The van der Waals surface area contributed by atoms with Gasteiger partial charge in [0.15, 0.2) is 0 Å². The van der Waals surface area contributed by atoms with Crippen molar-refractivity contribution in [1.29, 1.82) is 0 Å². The molecule has 118 valence electrons. The van der Waals surface area contributed by atoms with Crippen molar-refractivity contribution in [3.63, 3.8) is 0 Å². The van der Waals surface area contributed by atoms with E-state index in [1.807, 2.05) is 36.2 Å². The van der Waals surface area contributed by atoms with E-state index >= 15 is 0 Å². The van der Waals surface area contributed by atoms with Crippen LogP contribution in [0.15, 0.2) is 29.2 Å². The number of nitrogens with zero attached hydrogens (tertiary/aromatic N) is 1. The lowest BCUT2D eigenvalue weighted by Gasteiger charge is -2.23. The van der Waals surface area contributed by atoms with Crippen molar-refractivity contribution in [3.8, 4) is 5.75 Å². The highest BCUT2D eigenvalue weighted by Crippen LogP contribution is 2.22. The van der Waals surface area contributed by atoms with Gasteiger partial charge in [0.1, 0.15) is 5.75 Å². The number of halogens is 1. The molecule has 2 rings (SSSR count). The van der Waals surface area contributed by atoms with Crippen LogP contribution in [0, 0.1) is 0 Å². The van der Waals surface area contributed by atoms with Gasteiger partial charge < -0.3 is 15.0 Å². The lowest BCUT2D eigenvalue weighted by molar-refractivity contribution is -0.131. The van der Waals surface area contributed by atoms with Gasteiger partial charge in [-0.15, -0.1) is 24.2 Å². The average molecular weight is 331 g/mol. The Morgan fingerprint density at radius 2 is 2.14 bits per heavy atom. The first-order chi connectivity index (χ1) is 9.70. The van der Waals surface area contributed by atoms with Gasteiger partial charge in [0.25, 0.3) is 0 Å². The van der Waals surface area contributed by atoms with E-state index in [0.29, 0.717) is 12.5 Å². The van der Waals surface area contributed by atoms with Crippen LogP contribution in [0.25, 0.3) is 0 Å². The molecule has 1 aliphatic heterocycles. The van der Waals surface area contributed by atoms with E-state index in [1.54, 1.807) is 18.9 Å². The summed E-state index contributed by atoms with van der Waals surface area (Å²) >= 11 is 1.71. The first-order valence-electron chi connectivity index (χ1n) is 6.94. The summed E-state index contributed by atoms with van der Waals surface area (Å²) in [5, 5.41) is 3.29. The molecular formula is C15H23ClN2O2S. The largest absolute Gasteiger partial charge is 0.497 e. The number of methoxy groups -OCH3 is 1. The van der Waals surface area contributed by atoms with Gasteiger partial charge in [-0.1, -0.05) is 0 Å². The molecule has 0 aliphatic carbocycles. The Hall–Kier alpha value is -0.910. The molecule has 4 nitrogen and oxygen atoms in total. The minimum absolute atomic E-state index is 0. The summed E-state index contributed by atoms with van der Waals surface area (Å²) in [7, 11) is 3.58. The maximum Gasteiger partial charge on any atom is 0.223 e. The van der Waals surface area contributed by atoms with Gasteiger partial charge in [-0.3, -0.25) is 4.79 Å². The number of nitrogens with one attached hydrogen (secondary N) is 1. The number of hydrogen-bond donors (Lipinski definition) is 1. The fourth-order valence-corrected chi connectivity index (χ4v) is 3.12. The molecule has 1 aliphatic rings. The number of likely N-dealkylation sites (N-methyl/N-ethyl adjacent to an activating group) is 1. The van der Waals surface area contributed by atoms with Crippen LogP contribution in [-0.4, -0.2) is 49.8 Å². The Morgan fingerprint density at radius 3 is 2.71 bits per heavy atom. The normalized spacial score (nSPS) is 17.1. The molecule has 1 fully saturated rings. The van der Waals surface area contributed by atoms with E-state index in [1.165, 1.54) is 4.90 Å². The van der Waals surface area contributed by atoms with E-state index in [9.17, 15) is 4.79 Å². The van der Waals surface area contributed by atoms with Gasteiger partial charge in [-0.25, -0.2) is 0 Å². The van der Waals surface area contributed by atoms with Crippen molar-refractivity contribution in [2.75, 3.05) is 33.0 Å². The number of rotatable bonds is 6. The molecule has 1 aromatic carbocycles. The standard InChI is InChI=1S/C15H22N2O2S.ClH/c1-17(12-7-9-16-11-12)15(18)8-10-20-14-5-3-13(19-2)4-6-14;/h3-6,12,16H,7-11H2,1-2H3;1H. The number of thioether (sulfide) groups is 1. The van der Waals surface area contributed by atoms with Crippen molar-refractivity contribution in [2.45, 2.75) is 23.8 Å². The highest BCUT2D eigenvalue weighted by atomic mass is 35.5. The zero-order valence-electron chi connectivity index (χ0n) is 12.5. The van der Waals surface area contributed by atoms with Gasteiger partial charge in [0.2, 0.25) is 5.91 Å². The van der Waals surface area contributed by atoms with Crippen LogP contribution in [0.4, 0.5) is 0 Å². The lowest BCUT2D eigenvalue weighted by Crippen LogP contribution is -2.38. The number of benzene rings is 1. The highest BCUT2D eigenvalue weighted by molar-refractivity contribution is 7.99. The first-order valence-corrected chi connectivity index (χ1v) is 7.92. The van der Waals surface area contributed by atoms with E-state index < -0.39 is 0 Å². The second kappa shape index (κ2) is 9.18. The Kier molecular flexibility index (Phi) is 7.93. The Bertz CT molecular complexity index is 436. The topological polar surface area (TPSA) is 41.6 Å². The van der Waals surface area contributed by atoms with Gasteiger partial charge in [-0.05, 0) is 37.2 Å². The molecule has 6 heteroatoms. The Labute approximate surface area is 137 Å². The predicted molar refractivity (Wildman–Crippen MR) is 89.6 cm³/mol. The molecule has 1 unspecified atom stereocenters. The summed E-state index contributed by atoms with van der Waals surface area (Å²) in [6.45, 7) is 1.94. The summed E-state index contributed by atoms with van der Waals surface area (Å²) in [5.41, 5.74) is 0. The van der Waals surface area contributed by atoms with Crippen LogP contribution in [0.3, 0.4) is 0 Å². The minimum atomic E-state index is 0. The lowest BCUT2D eigenvalue weighted by atomic mass is 10.2. The second-order valence-electron chi connectivity index (χ2n) is 4.93. The number of carbonyl (C=O) groups excluding carboxylic acids is 1. The quantitative estimate of drug-likeness (QED) is 0.813. The fourth-order valence-electron chi connectivity index (χ4n) is 2.28. The third kappa shape index (κ3) is 5.41. The van der Waals surface area contributed by atoms with Gasteiger partial charge in [0, 0.05) is 36.7 Å². The Morgan fingerprint density at radius 1 is 1.43 bits per heavy atom. The van der Waals surface area contributed by atoms with Crippen LogP contribution >= 0.6 is 24.2 Å². The summed E-state index contributed by atoms with van der Waals surface area (Å²) in [5.74, 6) is 1.91. The third-order valence-electron chi connectivity index (χ3n) is 3.62. The zero-order chi connectivity index (χ0) is 14.4. The van der Waals surface area contributed by atoms with Crippen molar-refractivity contribution < 1.29 is 9.53 Å². The van der Waals surface area contributed by atoms with E-state index in [0.717, 1.165) is 31.0 Å². The van der Waals surface area contributed by atoms with Gasteiger partial charge in [0.05, 0.1) is 7.11 Å². The minimum Gasteiger partial charge on any atom is -0.497 e. The fraction of sp³-hybridized carbons (Fsp3) is 0.533. The first kappa shape index (κ1) is 18.1. The molecule has 1 saturated heterocycles. The van der Waals surface area contributed by atoms with Gasteiger partial charge >= 0.3 is 0 Å². The summed E-state index contributed by atoms with van der Waals surface area (Å²) in [6, 6.07) is 8.31. The Balaban J connectivity index is 0.00000220. The van der Waals surface area contributed by atoms with Crippen LogP contribution in [-0.2, 0) is 4.79 Å². The summed E-state index contributed by atoms with van der Waals surface area (Å²) in [6.07, 6.45) is 1.65. The van der Waals surface area contributed by atoms with Gasteiger partial charge in [-0.2, -0.15) is 0 Å². The van der Waals surface area contributed by atoms with Crippen molar-refractivity contribution in [2.24, 2.45) is 0 Å². The molecule has 1 N–H and O–H groups in total. The van der Waals surface area contributed by atoms with Crippen LogP contribution in [0.5, 0.6) is 5.75 Å². The van der Waals surface area contributed by atoms with E-state index in [2.05, 4.69) is 5.32 Å². The zero-order valence-corrected chi connectivity index (χ0v) is 14.1. The smallest absolute Gasteiger partial charge is 0.223 e. The molecule has 1 heterocycles. The van der Waals surface area contributed by atoms with Crippen molar-refractivity contribution in [1.82, 2.24) is 10.2 Å². The maximum atomic E-state index is 12.1. The SMILES string of the molecule is COc1ccc(SCCC(=O)N(C)C2CCNC2)cc1.Cl. The number of ether oxygens (including phenoxy) is 1. The van der Waals surface area contributed by atoms with Crippen LogP contribution in [0.2, 0.25) is 0 Å². The predicted octanol–water partition coefficient (Wildman–Crippen LogP) is 2.42. The molecule has 1 amide bonds. The number of carbonyl (C=O) groups is 1. The molecule has 0 saturated carbocycles. The third-order valence-corrected chi connectivity index (χ3v) is 4.63. The molecule has 0 bridgehead atoms. The molecule has 21 heavy (non-hydrogen) atoms. The van der Waals surface area contributed by atoms with Crippen molar-refractivity contribution in [3.05, 3.63) is 24.3 Å². The van der Waals surface area contributed by atoms with Crippen LogP contribution in [0.1, 0.15) is 12.8 Å². The molecule has 0 radical (unpaired) electrons. The molecule has 1 atom stereocenters. The molecule has 0 aromatic heterocycles. The molecular weight excluding hydrogens is 308 g/mol. The molecule has 0 spiro atoms. The van der Waals surface area contributed by atoms with Crippen molar-refractivity contribution >= 4 is 30.1 Å². The van der Waals surface area contributed by atoms with E-state index in [-0.39, 0.29) is 18.3 Å². The number of amides is 1. The number of hydrogen-bond acceptors (Lipinski definition) is 4. The molecule has 1 aromatic rings. The second-order valence-corrected chi connectivity index (χ2v) is 6.09. The van der Waals surface area contributed by atoms with E-state index in [4.69, 9.17) is 4.74 Å². The maximum absolute atomic E-state index is 12.1. The van der Waals surface area contributed by atoms with Crippen LogP contribution < -0.4 is 10.1 Å². The monoisotopic (exact) mass is 330 g/mol. The summed E-state index contributed by atoms with van der Waals surface area (Å²) in [4.78, 5) is 15.2.